The quantitative estimate of drug-likeness (QED) is 0.434. The van der Waals surface area contributed by atoms with Gasteiger partial charge in [0, 0.05) is 47.2 Å². The Balaban J connectivity index is 1.73. The number of rotatable bonds is 4. The van der Waals surface area contributed by atoms with Gasteiger partial charge in [0.2, 0.25) is 5.91 Å². The van der Waals surface area contributed by atoms with Crippen LogP contribution in [0.2, 0.25) is 0 Å². The lowest BCUT2D eigenvalue weighted by Crippen LogP contribution is -2.07. The van der Waals surface area contributed by atoms with Crippen molar-refractivity contribution in [2.45, 2.75) is 0 Å². The van der Waals surface area contributed by atoms with Crippen LogP contribution in [0.3, 0.4) is 0 Å². The van der Waals surface area contributed by atoms with Gasteiger partial charge in [0.25, 0.3) is 0 Å². The summed E-state index contributed by atoms with van der Waals surface area (Å²) in [4.78, 5) is 11.8. The summed E-state index contributed by atoms with van der Waals surface area (Å²) in [5.74, 6) is -0.259. The molecular weight excluding hydrogens is 400 g/mol. The van der Waals surface area contributed by atoms with Crippen molar-refractivity contribution in [1.82, 2.24) is 19.4 Å². The monoisotopic (exact) mass is 418 g/mol. The van der Waals surface area contributed by atoms with Gasteiger partial charge in [-0.2, -0.15) is 15.5 Å². The summed E-state index contributed by atoms with van der Waals surface area (Å²) in [5, 5.41) is 23.0. The predicted molar refractivity (Wildman–Crippen MR) is 124 cm³/mol. The standard InChI is InChI=1S/C25H18N6O/c1-3-24(32)29-23-6-4-5-16-9-17(7-8-21(16)23)22-10-18(20-13-27-30(2)14-20)15-31-25(22)19(11-26)12-28-31/h3-10,12-15H,1H2,2H3,(H,29,32). The zero-order chi connectivity index (χ0) is 22.2. The number of nitrogens with one attached hydrogen (secondary N) is 1. The molecule has 0 aliphatic carbocycles. The van der Waals surface area contributed by atoms with Gasteiger partial charge < -0.3 is 5.32 Å². The lowest BCUT2D eigenvalue weighted by molar-refractivity contribution is -0.111. The molecule has 1 amide bonds. The minimum absolute atomic E-state index is 0.259. The third-order valence-corrected chi connectivity index (χ3v) is 5.41. The van der Waals surface area contributed by atoms with Crippen LogP contribution in [0.1, 0.15) is 5.56 Å². The number of carbonyl (C=O) groups excluding carboxylic acids is 1. The molecule has 7 nitrogen and oxygen atoms in total. The highest BCUT2D eigenvalue weighted by atomic mass is 16.1. The number of anilines is 1. The first-order chi connectivity index (χ1) is 15.6. The first kappa shape index (κ1) is 19.3. The van der Waals surface area contributed by atoms with Gasteiger partial charge in [-0.1, -0.05) is 30.8 Å². The van der Waals surface area contributed by atoms with E-state index in [1.54, 1.807) is 21.6 Å². The Labute approximate surface area is 183 Å². The molecule has 1 N–H and O–H groups in total. The number of amides is 1. The summed E-state index contributed by atoms with van der Waals surface area (Å²) >= 11 is 0. The van der Waals surface area contributed by atoms with Crippen LogP contribution in [0.5, 0.6) is 0 Å². The van der Waals surface area contributed by atoms with E-state index in [9.17, 15) is 10.1 Å². The summed E-state index contributed by atoms with van der Waals surface area (Å²) in [6.45, 7) is 3.51. The second kappa shape index (κ2) is 7.52. The summed E-state index contributed by atoms with van der Waals surface area (Å²) in [7, 11) is 1.87. The molecule has 3 aromatic heterocycles. The zero-order valence-corrected chi connectivity index (χ0v) is 17.3. The van der Waals surface area contributed by atoms with Crippen molar-refractivity contribution < 1.29 is 4.79 Å². The molecule has 2 aromatic carbocycles. The van der Waals surface area contributed by atoms with Crippen molar-refractivity contribution in [3.05, 3.63) is 85.5 Å². The van der Waals surface area contributed by atoms with Gasteiger partial charge in [-0.15, -0.1) is 0 Å². The highest BCUT2D eigenvalue weighted by Gasteiger charge is 2.15. The molecular formula is C25H18N6O. The van der Waals surface area contributed by atoms with E-state index in [-0.39, 0.29) is 5.91 Å². The van der Waals surface area contributed by atoms with Gasteiger partial charge in [-0.25, -0.2) is 4.52 Å². The fourth-order valence-corrected chi connectivity index (χ4v) is 3.90. The van der Waals surface area contributed by atoms with Crippen molar-refractivity contribution in [1.29, 1.82) is 5.26 Å². The fraction of sp³-hybridized carbons (Fsp3) is 0.0400. The molecule has 3 heterocycles. The van der Waals surface area contributed by atoms with Crippen molar-refractivity contribution in [2.24, 2.45) is 7.05 Å². The second-order valence-corrected chi connectivity index (χ2v) is 7.44. The summed E-state index contributed by atoms with van der Waals surface area (Å²) < 4.78 is 3.49. The van der Waals surface area contributed by atoms with E-state index < -0.39 is 0 Å². The van der Waals surface area contributed by atoms with Crippen LogP contribution in [0, 0.1) is 11.3 Å². The second-order valence-electron chi connectivity index (χ2n) is 7.44. The molecule has 0 fully saturated rings. The molecule has 5 aromatic rings. The van der Waals surface area contributed by atoms with Crippen LogP contribution in [0.15, 0.2) is 79.9 Å². The SMILES string of the molecule is C=CC(=O)Nc1cccc2cc(-c3cc(-c4cnn(C)c4)cn4ncc(C#N)c34)ccc12. The van der Waals surface area contributed by atoms with Crippen molar-refractivity contribution in [3.63, 3.8) is 0 Å². The number of benzene rings is 2. The lowest BCUT2D eigenvalue weighted by atomic mass is 9.97. The van der Waals surface area contributed by atoms with E-state index in [0.29, 0.717) is 5.56 Å². The molecule has 5 rings (SSSR count). The number of pyridine rings is 1. The van der Waals surface area contributed by atoms with E-state index in [0.717, 1.165) is 44.2 Å². The van der Waals surface area contributed by atoms with Crippen LogP contribution in [0.25, 0.3) is 38.5 Å². The lowest BCUT2D eigenvalue weighted by Gasteiger charge is -2.11. The first-order valence-electron chi connectivity index (χ1n) is 9.94. The maximum atomic E-state index is 11.8. The molecule has 32 heavy (non-hydrogen) atoms. The molecule has 7 heteroatoms. The molecule has 0 saturated heterocycles. The Bertz CT molecular complexity index is 1570. The van der Waals surface area contributed by atoms with Crippen molar-refractivity contribution in [3.8, 4) is 28.3 Å². The average molecular weight is 418 g/mol. The largest absolute Gasteiger partial charge is 0.322 e. The molecule has 0 aliphatic rings. The summed E-state index contributed by atoms with van der Waals surface area (Å²) in [6.07, 6.45) is 8.47. The number of hydrogen-bond acceptors (Lipinski definition) is 4. The van der Waals surface area contributed by atoms with Crippen molar-refractivity contribution >= 4 is 27.9 Å². The number of fused-ring (bicyclic) bond motifs is 2. The third-order valence-electron chi connectivity index (χ3n) is 5.41. The summed E-state index contributed by atoms with van der Waals surface area (Å²) in [5.41, 5.74) is 5.70. The van der Waals surface area contributed by atoms with Gasteiger partial charge in [0.1, 0.15) is 6.07 Å². The Kier molecular flexibility index (Phi) is 4.53. The molecule has 0 saturated carbocycles. The van der Waals surface area contributed by atoms with Crippen LogP contribution in [-0.2, 0) is 11.8 Å². The van der Waals surface area contributed by atoms with E-state index in [1.807, 2.05) is 49.8 Å². The first-order valence-corrected chi connectivity index (χ1v) is 9.94. The molecule has 0 radical (unpaired) electrons. The molecule has 0 spiro atoms. The predicted octanol–water partition coefficient (Wildman–Crippen LogP) is 4.55. The smallest absolute Gasteiger partial charge is 0.247 e. The van der Waals surface area contributed by atoms with Gasteiger partial charge >= 0.3 is 0 Å². The van der Waals surface area contributed by atoms with Crippen LogP contribution >= 0.6 is 0 Å². The molecule has 0 aliphatic heterocycles. The minimum atomic E-state index is -0.259. The normalized spacial score (nSPS) is 10.9. The average Bonchev–Trinajstić information content (AvgIpc) is 3.44. The number of carbonyl (C=O) groups is 1. The van der Waals surface area contributed by atoms with Gasteiger partial charge in [-0.3, -0.25) is 9.48 Å². The number of nitriles is 1. The summed E-state index contributed by atoms with van der Waals surface area (Å²) in [6, 6.07) is 16.1. The molecule has 0 atom stereocenters. The third kappa shape index (κ3) is 3.20. The Morgan fingerprint density at radius 1 is 1.09 bits per heavy atom. The maximum Gasteiger partial charge on any atom is 0.247 e. The Hall–Kier alpha value is -4.70. The Morgan fingerprint density at radius 3 is 2.72 bits per heavy atom. The van der Waals surface area contributed by atoms with Crippen LogP contribution in [-0.4, -0.2) is 25.3 Å². The topological polar surface area (TPSA) is 88.0 Å². The highest BCUT2D eigenvalue weighted by molar-refractivity contribution is 6.07. The zero-order valence-electron chi connectivity index (χ0n) is 17.3. The molecule has 154 valence electrons. The van der Waals surface area contributed by atoms with Crippen molar-refractivity contribution in [2.75, 3.05) is 5.32 Å². The van der Waals surface area contributed by atoms with Gasteiger partial charge in [0.05, 0.1) is 23.5 Å². The molecule has 0 bridgehead atoms. The van der Waals surface area contributed by atoms with E-state index in [4.69, 9.17) is 0 Å². The highest BCUT2D eigenvalue weighted by Crippen LogP contribution is 2.34. The van der Waals surface area contributed by atoms with Gasteiger partial charge in [0.15, 0.2) is 0 Å². The minimum Gasteiger partial charge on any atom is -0.322 e. The molecule has 0 unspecified atom stereocenters. The maximum absolute atomic E-state index is 11.8. The number of hydrogen-bond donors (Lipinski definition) is 1. The fourth-order valence-electron chi connectivity index (χ4n) is 3.90. The number of aryl methyl sites for hydroxylation is 1. The number of nitrogens with zero attached hydrogens (tertiary/aromatic N) is 5. The van der Waals surface area contributed by atoms with Crippen LogP contribution < -0.4 is 5.32 Å². The van der Waals surface area contributed by atoms with E-state index in [2.05, 4.69) is 40.3 Å². The van der Waals surface area contributed by atoms with Crippen LogP contribution in [0.4, 0.5) is 5.69 Å². The van der Waals surface area contributed by atoms with E-state index >= 15 is 0 Å². The van der Waals surface area contributed by atoms with Gasteiger partial charge in [-0.05, 0) is 35.2 Å². The number of aromatic nitrogens is 4. The van der Waals surface area contributed by atoms with E-state index in [1.165, 1.54) is 6.08 Å². The Morgan fingerprint density at radius 2 is 1.97 bits per heavy atom.